The summed E-state index contributed by atoms with van der Waals surface area (Å²) >= 11 is 1.15. The van der Waals surface area contributed by atoms with E-state index in [4.69, 9.17) is 14.2 Å². The topological polar surface area (TPSA) is 104 Å². The predicted octanol–water partition coefficient (Wildman–Crippen LogP) is 4.37. The lowest BCUT2D eigenvalue weighted by atomic mass is 9.98. The van der Waals surface area contributed by atoms with E-state index >= 15 is 0 Å². The molecule has 0 aromatic carbocycles. The molecule has 156 valence electrons. The number of amides is 1. The largest absolute Gasteiger partial charge is 0.444 e. The Morgan fingerprint density at radius 1 is 1.14 bits per heavy atom. The number of thiazole rings is 1. The van der Waals surface area contributed by atoms with E-state index in [0.717, 1.165) is 11.3 Å². The van der Waals surface area contributed by atoms with Gasteiger partial charge in [-0.05, 0) is 48.0 Å². The molecule has 0 atom stereocenters. The summed E-state index contributed by atoms with van der Waals surface area (Å²) < 4.78 is 15.2. The van der Waals surface area contributed by atoms with Gasteiger partial charge in [-0.25, -0.2) is 14.6 Å². The number of hydrogen-bond acceptors (Lipinski definition) is 8. The Bertz CT molecular complexity index is 740. The van der Waals surface area contributed by atoms with Crippen LogP contribution in [-0.4, -0.2) is 35.4 Å². The zero-order chi connectivity index (χ0) is 21.5. The van der Waals surface area contributed by atoms with Gasteiger partial charge < -0.3 is 14.2 Å². The molecule has 1 aromatic rings. The molecule has 1 aromatic heterocycles. The molecule has 0 spiro atoms. The summed E-state index contributed by atoms with van der Waals surface area (Å²) in [6.07, 6.45) is 1.59. The van der Waals surface area contributed by atoms with Gasteiger partial charge in [0.15, 0.2) is 5.13 Å². The van der Waals surface area contributed by atoms with Crippen molar-refractivity contribution in [1.29, 1.82) is 0 Å². The molecule has 0 aliphatic carbocycles. The van der Waals surface area contributed by atoms with Crippen molar-refractivity contribution in [2.45, 2.75) is 60.5 Å². The van der Waals surface area contributed by atoms with Crippen LogP contribution >= 0.6 is 11.3 Å². The highest BCUT2D eigenvalue weighted by Crippen LogP contribution is 2.24. The molecule has 1 rings (SSSR count). The SMILES string of the molecule is CC/C=C(\C(=O)OCOC(=O)C(C)(C)C)c1csc(NC(=O)OC(C)(C)C)n1. The number of carbonyl (C=O) groups excluding carboxylic acids is 3. The van der Waals surface area contributed by atoms with Crippen molar-refractivity contribution in [3.05, 3.63) is 17.2 Å². The summed E-state index contributed by atoms with van der Waals surface area (Å²) in [4.78, 5) is 40.1. The Morgan fingerprint density at radius 3 is 2.32 bits per heavy atom. The van der Waals surface area contributed by atoms with Crippen molar-refractivity contribution < 1.29 is 28.6 Å². The van der Waals surface area contributed by atoms with Crippen molar-refractivity contribution in [3.63, 3.8) is 0 Å². The molecule has 0 fully saturated rings. The molecular formula is C19H28N2O6S. The van der Waals surface area contributed by atoms with E-state index in [1.165, 1.54) is 0 Å². The van der Waals surface area contributed by atoms with Crippen LogP contribution in [0.15, 0.2) is 11.5 Å². The number of allylic oxidation sites excluding steroid dienone is 1. The van der Waals surface area contributed by atoms with E-state index in [2.05, 4.69) is 10.3 Å². The number of carbonyl (C=O) groups is 3. The Kier molecular flexibility index (Phi) is 8.16. The first-order valence-corrected chi connectivity index (χ1v) is 9.72. The molecule has 0 radical (unpaired) electrons. The van der Waals surface area contributed by atoms with Crippen molar-refractivity contribution >= 4 is 40.1 Å². The van der Waals surface area contributed by atoms with Crippen LogP contribution in [0.4, 0.5) is 9.93 Å². The van der Waals surface area contributed by atoms with Gasteiger partial charge in [0.2, 0.25) is 6.79 Å². The maximum atomic E-state index is 12.4. The quantitative estimate of drug-likeness (QED) is 0.420. The molecule has 0 bridgehead atoms. The van der Waals surface area contributed by atoms with Crippen molar-refractivity contribution in [1.82, 2.24) is 4.98 Å². The fourth-order valence-corrected chi connectivity index (χ4v) is 2.47. The second kappa shape index (κ2) is 9.68. The van der Waals surface area contributed by atoms with Crippen LogP contribution in [0.5, 0.6) is 0 Å². The molecule has 9 heteroatoms. The fraction of sp³-hybridized carbons (Fsp3) is 0.579. The molecule has 1 amide bonds. The van der Waals surface area contributed by atoms with E-state index < -0.39 is 35.8 Å². The van der Waals surface area contributed by atoms with Gasteiger partial charge in [0, 0.05) is 5.38 Å². The first-order chi connectivity index (χ1) is 12.8. The molecule has 0 unspecified atom stereocenters. The zero-order valence-corrected chi connectivity index (χ0v) is 18.2. The first kappa shape index (κ1) is 23.6. The van der Waals surface area contributed by atoms with Crippen molar-refractivity contribution in [2.24, 2.45) is 5.41 Å². The molecule has 0 aliphatic rings. The van der Waals surface area contributed by atoms with Gasteiger partial charge in [-0.2, -0.15) is 0 Å². The van der Waals surface area contributed by atoms with Crippen LogP contribution in [0.3, 0.4) is 0 Å². The summed E-state index contributed by atoms with van der Waals surface area (Å²) in [6.45, 7) is 11.7. The average molecular weight is 413 g/mol. The van der Waals surface area contributed by atoms with Gasteiger partial charge in [-0.1, -0.05) is 13.0 Å². The van der Waals surface area contributed by atoms with Gasteiger partial charge in [-0.3, -0.25) is 10.1 Å². The highest BCUT2D eigenvalue weighted by molar-refractivity contribution is 7.14. The fourth-order valence-electron chi connectivity index (χ4n) is 1.77. The summed E-state index contributed by atoms with van der Waals surface area (Å²) in [7, 11) is 0. The minimum absolute atomic E-state index is 0.225. The number of nitrogens with one attached hydrogen (secondary N) is 1. The molecule has 28 heavy (non-hydrogen) atoms. The van der Waals surface area contributed by atoms with Crippen LogP contribution in [-0.2, 0) is 23.8 Å². The minimum Gasteiger partial charge on any atom is -0.444 e. The summed E-state index contributed by atoms with van der Waals surface area (Å²) in [6, 6.07) is 0. The summed E-state index contributed by atoms with van der Waals surface area (Å²) in [5, 5.41) is 4.44. The summed E-state index contributed by atoms with van der Waals surface area (Å²) in [5.41, 5.74) is -0.745. The first-order valence-electron chi connectivity index (χ1n) is 8.84. The van der Waals surface area contributed by atoms with Gasteiger partial charge in [-0.15, -0.1) is 11.3 Å². The van der Waals surface area contributed by atoms with Crippen LogP contribution < -0.4 is 5.32 Å². The molecule has 0 aliphatic heterocycles. The van der Waals surface area contributed by atoms with E-state index in [9.17, 15) is 14.4 Å². The normalized spacial score (nSPS) is 12.3. The number of aromatic nitrogens is 1. The summed E-state index contributed by atoms with van der Waals surface area (Å²) in [5.74, 6) is -1.14. The van der Waals surface area contributed by atoms with Crippen LogP contribution in [0.25, 0.3) is 5.57 Å². The number of hydrogen-bond donors (Lipinski definition) is 1. The third-order valence-corrected chi connectivity index (χ3v) is 3.77. The van der Waals surface area contributed by atoms with Crippen LogP contribution in [0.2, 0.25) is 0 Å². The molecule has 1 heterocycles. The van der Waals surface area contributed by atoms with Gasteiger partial charge in [0.1, 0.15) is 5.60 Å². The van der Waals surface area contributed by atoms with Crippen LogP contribution in [0, 0.1) is 5.41 Å². The number of nitrogens with zero attached hydrogens (tertiary/aromatic N) is 1. The highest BCUT2D eigenvalue weighted by atomic mass is 32.1. The van der Waals surface area contributed by atoms with E-state index in [1.54, 1.807) is 53.0 Å². The minimum atomic E-state index is -0.689. The number of ether oxygens (including phenoxy) is 3. The molecule has 0 saturated carbocycles. The van der Waals surface area contributed by atoms with Gasteiger partial charge >= 0.3 is 18.0 Å². The number of esters is 2. The molecule has 8 nitrogen and oxygen atoms in total. The van der Waals surface area contributed by atoms with Crippen molar-refractivity contribution in [2.75, 3.05) is 12.1 Å². The standard InChI is InChI=1S/C19H28N2O6S/c1-8-9-12(14(22)25-11-26-15(23)18(2,3)4)13-10-28-16(20-13)21-17(24)27-19(5,6)7/h9-10H,8,11H2,1-7H3,(H,20,21,24)/b12-9-. The van der Waals surface area contributed by atoms with Gasteiger partial charge in [0.05, 0.1) is 16.7 Å². The molecular weight excluding hydrogens is 384 g/mol. The Hall–Kier alpha value is -2.42. The Morgan fingerprint density at radius 2 is 1.79 bits per heavy atom. The zero-order valence-electron chi connectivity index (χ0n) is 17.4. The third kappa shape index (κ3) is 8.08. The Balaban J connectivity index is 2.75. The Labute approximate surface area is 169 Å². The van der Waals surface area contributed by atoms with Gasteiger partial charge in [0.25, 0.3) is 0 Å². The molecule has 0 saturated heterocycles. The predicted molar refractivity (Wildman–Crippen MR) is 107 cm³/mol. The lowest BCUT2D eigenvalue weighted by molar-refractivity contribution is -0.170. The van der Waals surface area contributed by atoms with Crippen molar-refractivity contribution in [3.8, 4) is 0 Å². The maximum absolute atomic E-state index is 12.4. The second-order valence-electron chi connectivity index (χ2n) is 7.92. The monoisotopic (exact) mass is 412 g/mol. The van der Waals surface area contributed by atoms with E-state index in [1.807, 2.05) is 6.92 Å². The van der Waals surface area contributed by atoms with Crippen LogP contribution in [0.1, 0.15) is 60.6 Å². The highest BCUT2D eigenvalue weighted by Gasteiger charge is 2.24. The smallest absolute Gasteiger partial charge is 0.413 e. The maximum Gasteiger partial charge on any atom is 0.413 e. The lowest BCUT2D eigenvalue weighted by Crippen LogP contribution is -2.27. The second-order valence-corrected chi connectivity index (χ2v) is 8.78. The average Bonchev–Trinajstić information content (AvgIpc) is 2.97. The van der Waals surface area contributed by atoms with E-state index in [0.29, 0.717) is 17.2 Å². The molecule has 1 N–H and O–H groups in total. The number of anilines is 1. The third-order valence-electron chi connectivity index (χ3n) is 3.01. The van der Waals surface area contributed by atoms with E-state index in [-0.39, 0.29) is 5.57 Å². The number of rotatable bonds is 6. The lowest BCUT2D eigenvalue weighted by Gasteiger charge is -2.18.